The van der Waals surface area contributed by atoms with Crippen LogP contribution in [-0.4, -0.2) is 36.4 Å². The number of nitrogens with one attached hydrogen (secondary N) is 1. The number of halogens is 1. The van der Waals surface area contributed by atoms with Crippen LogP contribution in [0.2, 0.25) is 0 Å². The summed E-state index contributed by atoms with van der Waals surface area (Å²) in [6.07, 6.45) is 2.51. The van der Waals surface area contributed by atoms with Crippen molar-refractivity contribution in [2.75, 3.05) is 11.4 Å². The van der Waals surface area contributed by atoms with Crippen molar-refractivity contribution in [3.05, 3.63) is 72.2 Å². The number of sulfonamides is 1. The fraction of sp³-hybridized carbons (Fsp3) is 0.292. The molecule has 34 heavy (non-hydrogen) atoms. The fourth-order valence-corrected chi connectivity index (χ4v) is 4.80. The Bertz CT molecular complexity index is 1330. The molecule has 1 N–H and O–H groups in total. The van der Waals surface area contributed by atoms with E-state index in [1.54, 1.807) is 18.3 Å². The van der Waals surface area contributed by atoms with Gasteiger partial charge in [0.2, 0.25) is 5.88 Å². The predicted molar refractivity (Wildman–Crippen MR) is 125 cm³/mol. The second-order valence-corrected chi connectivity index (χ2v) is 10.3. The van der Waals surface area contributed by atoms with Crippen LogP contribution in [0.15, 0.2) is 65.8 Å². The summed E-state index contributed by atoms with van der Waals surface area (Å²) in [5.74, 6) is -0.870. The second kappa shape index (κ2) is 9.02. The monoisotopic (exact) mass is 484 g/mol. The van der Waals surface area contributed by atoms with Crippen LogP contribution in [-0.2, 0) is 10.0 Å². The van der Waals surface area contributed by atoms with Gasteiger partial charge in [0.15, 0.2) is 16.6 Å². The van der Waals surface area contributed by atoms with Crippen LogP contribution in [0, 0.1) is 11.7 Å². The number of pyridine rings is 2. The topological polar surface area (TPSA) is 101 Å². The van der Waals surface area contributed by atoms with Crippen molar-refractivity contribution in [2.24, 2.45) is 5.92 Å². The zero-order chi connectivity index (χ0) is 24.5. The fourth-order valence-electron chi connectivity index (χ4n) is 3.87. The van der Waals surface area contributed by atoms with Crippen LogP contribution in [0.25, 0.3) is 0 Å². The molecular weight excluding hydrogens is 459 g/mol. The number of carbonyl (C=O) groups is 1. The minimum absolute atomic E-state index is 0.101. The standard InChI is InChI=1S/C24H25FN4O4S/c1-16-13-15-29(24(16,2)3)22-17(8-7-14-26-22)23(30)28-34(31,32)21-12-6-11-20(27-21)33-19-10-5-4-9-18(19)25/h4-12,14,16H,13,15H2,1-3H3,(H,28,30). The van der Waals surface area contributed by atoms with E-state index in [2.05, 4.69) is 35.5 Å². The Morgan fingerprint density at radius 2 is 1.91 bits per heavy atom. The minimum atomic E-state index is -4.34. The first-order valence-corrected chi connectivity index (χ1v) is 12.3. The average molecular weight is 485 g/mol. The van der Waals surface area contributed by atoms with Crippen molar-refractivity contribution in [2.45, 2.75) is 37.8 Å². The molecule has 10 heteroatoms. The highest BCUT2D eigenvalue weighted by Gasteiger charge is 2.40. The molecule has 3 heterocycles. The zero-order valence-electron chi connectivity index (χ0n) is 19.0. The van der Waals surface area contributed by atoms with E-state index in [1.165, 1.54) is 42.5 Å². The number of hydrogen-bond donors (Lipinski definition) is 1. The lowest BCUT2D eigenvalue weighted by atomic mass is 9.90. The molecule has 8 nitrogen and oxygen atoms in total. The van der Waals surface area contributed by atoms with E-state index < -0.39 is 26.8 Å². The first-order chi connectivity index (χ1) is 16.1. The van der Waals surface area contributed by atoms with Gasteiger partial charge in [0, 0.05) is 24.3 Å². The maximum absolute atomic E-state index is 13.9. The summed E-state index contributed by atoms with van der Waals surface area (Å²) in [6.45, 7) is 6.98. The lowest BCUT2D eigenvalue weighted by Crippen LogP contribution is -2.43. The molecule has 1 aliphatic rings. The molecule has 4 rings (SSSR count). The largest absolute Gasteiger partial charge is 0.436 e. The van der Waals surface area contributed by atoms with Crippen LogP contribution in [0.5, 0.6) is 11.6 Å². The number of anilines is 1. The number of hydrogen-bond acceptors (Lipinski definition) is 7. The highest BCUT2D eigenvalue weighted by Crippen LogP contribution is 2.38. The van der Waals surface area contributed by atoms with Gasteiger partial charge in [0.05, 0.1) is 5.56 Å². The van der Waals surface area contributed by atoms with Gasteiger partial charge in [-0.15, -0.1) is 0 Å². The van der Waals surface area contributed by atoms with Gasteiger partial charge in [-0.05, 0) is 56.5 Å². The molecule has 1 atom stereocenters. The third-order valence-electron chi connectivity index (χ3n) is 6.23. The molecule has 3 aromatic rings. The Morgan fingerprint density at radius 3 is 2.62 bits per heavy atom. The number of para-hydroxylation sites is 1. The molecule has 1 unspecified atom stereocenters. The Kier molecular flexibility index (Phi) is 6.26. The molecular formula is C24H25FN4O4S. The Morgan fingerprint density at radius 1 is 1.15 bits per heavy atom. The SMILES string of the molecule is CC1CCN(c2ncccc2C(=O)NS(=O)(=O)c2cccc(Oc3ccccc3F)n2)C1(C)C. The highest BCUT2D eigenvalue weighted by atomic mass is 32.2. The predicted octanol–water partition coefficient (Wildman–Crippen LogP) is 4.15. The van der Waals surface area contributed by atoms with E-state index in [9.17, 15) is 17.6 Å². The summed E-state index contributed by atoms with van der Waals surface area (Å²) in [5.41, 5.74) is -0.102. The first kappa shape index (κ1) is 23.6. The van der Waals surface area contributed by atoms with Gasteiger partial charge < -0.3 is 9.64 Å². The zero-order valence-corrected chi connectivity index (χ0v) is 19.8. The van der Waals surface area contributed by atoms with E-state index in [1.807, 2.05) is 4.90 Å². The molecule has 1 saturated heterocycles. The van der Waals surface area contributed by atoms with E-state index in [0.29, 0.717) is 18.3 Å². The van der Waals surface area contributed by atoms with Crippen LogP contribution in [0.3, 0.4) is 0 Å². The number of benzene rings is 1. The summed E-state index contributed by atoms with van der Waals surface area (Å²) in [5, 5.41) is -0.435. The van der Waals surface area contributed by atoms with Gasteiger partial charge in [-0.25, -0.2) is 14.1 Å². The second-order valence-electron chi connectivity index (χ2n) is 8.65. The van der Waals surface area contributed by atoms with Crippen molar-refractivity contribution in [1.82, 2.24) is 14.7 Å². The van der Waals surface area contributed by atoms with Crippen molar-refractivity contribution in [1.29, 1.82) is 0 Å². The molecule has 0 bridgehead atoms. The lowest BCUT2D eigenvalue weighted by Gasteiger charge is -2.36. The van der Waals surface area contributed by atoms with Crippen molar-refractivity contribution in [3.8, 4) is 11.6 Å². The summed E-state index contributed by atoms with van der Waals surface area (Å²) in [4.78, 5) is 23.4. The molecule has 2 aromatic heterocycles. The Hall–Kier alpha value is -3.53. The maximum Gasteiger partial charge on any atom is 0.281 e. The number of carbonyl (C=O) groups excluding carboxylic acids is 1. The molecule has 1 aliphatic heterocycles. The number of amides is 1. The molecule has 1 amide bonds. The van der Waals surface area contributed by atoms with Crippen LogP contribution < -0.4 is 14.4 Å². The lowest BCUT2D eigenvalue weighted by molar-refractivity contribution is 0.0981. The van der Waals surface area contributed by atoms with Gasteiger partial charge in [-0.3, -0.25) is 4.79 Å². The molecule has 0 spiro atoms. The van der Waals surface area contributed by atoms with E-state index in [0.717, 1.165) is 6.42 Å². The summed E-state index contributed by atoms with van der Waals surface area (Å²) in [7, 11) is -4.34. The van der Waals surface area contributed by atoms with Gasteiger partial charge >= 0.3 is 0 Å². The molecule has 0 aliphatic carbocycles. The number of nitrogens with zero attached hydrogens (tertiary/aromatic N) is 3. The van der Waals surface area contributed by atoms with Crippen molar-refractivity contribution < 1.29 is 22.3 Å². The van der Waals surface area contributed by atoms with Gasteiger partial charge in [-0.2, -0.15) is 13.4 Å². The molecule has 178 valence electrons. The minimum Gasteiger partial charge on any atom is -0.436 e. The number of ether oxygens (including phenoxy) is 1. The quantitative estimate of drug-likeness (QED) is 0.561. The van der Waals surface area contributed by atoms with Crippen LogP contribution in [0.4, 0.5) is 10.2 Å². The van der Waals surface area contributed by atoms with Gasteiger partial charge in [0.1, 0.15) is 5.82 Å². The first-order valence-electron chi connectivity index (χ1n) is 10.8. The van der Waals surface area contributed by atoms with Crippen molar-refractivity contribution in [3.63, 3.8) is 0 Å². The normalized spacial score (nSPS) is 17.4. The number of aromatic nitrogens is 2. The molecule has 0 saturated carbocycles. The van der Waals surface area contributed by atoms with E-state index in [4.69, 9.17) is 4.74 Å². The molecule has 0 radical (unpaired) electrons. The molecule has 1 fully saturated rings. The van der Waals surface area contributed by atoms with E-state index in [-0.39, 0.29) is 22.7 Å². The van der Waals surface area contributed by atoms with Crippen LogP contribution in [0.1, 0.15) is 37.6 Å². The summed E-state index contributed by atoms with van der Waals surface area (Å²) >= 11 is 0. The van der Waals surface area contributed by atoms with Gasteiger partial charge in [-0.1, -0.05) is 25.1 Å². The smallest absolute Gasteiger partial charge is 0.281 e. The summed E-state index contributed by atoms with van der Waals surface area (Å²) in [6, 6.07) is 12.8. The third kappa shape index (κ3) is 4.58. The Balaban J connectivity index is 1.58. The van der Waals surface area contributed by atoms with E-state index >= 15 is 0 Å². The summed E-state index contributed by atoms with van der Waals surface area (Å²) < 4.78 is 47.2. The van der Waals surface area contributed by atoms with Crippen molar-refractivity contribution >= 4 is 21.7 Å². The maximum atomic E-state index is 13.9. The van der Waals surface area contributed by atoms with Crippen LogP contribution >= 0.6 is 0 Å². The Labute approximate surface area is 197 Å². The average Bonchev–Trinajstić information content (AvgIpc) is 3.07. The third-order valence-corrected chi connectivity index (χ3v) is 7.46. The number of rotatable bonds is 6. The highest BCUT2D eigenvalue weighted by molar-refractivity contribution is 7.90. The molecule has 1 aromatic carbocycles. The van der Waals surface area contributed by atoms with Gasteiger partial charge in [0.25, 0.3) is 15.9 Å².